The summed E-state index contributed by atoms with van der Waals surface area (Å²) in [6.45, 7) is 11.5. The van der Waals surface area contributed by atoms with Crippen molar-refractivity contribution in [3.63, 3.8) is 0 Å². The SMILES string of the molecule is CC1=C(C(=O)OCCN2CCN(C(c3ccccc3)c3ccccc3)CC2)C(c2cccc([N+](=O)[O-])c2)C(C(=O)OCCN2CCN(C(c3ccccc3)c3ccccc3)CC2)=C(C)N1. The minimum absolute atomic E-state index is 0.140. The number of benzene rings is 5. The van der Waals surface area contributed by atoms with Gasteiger partial charge in [-0.2, -0.15) is 0 Å². The van der Waals surface area contributed by atoms with Crippen molar-refractivity contribution in [3.05, 3.63) is 206 Å². The van der Waals surface area contributed by atoms with Gasteiger partial charge in [0.2, 0.25) is 0 Å². The van der Waals surface area contributed by atoms with E-state index < -0.39 is 22.8 Å². The van der Waals surface area contributed by atoms with E-state index in [-0.39, 0.29) is 42.1 Å². The number of non-ortho nitro benzene ring substituents is 1. The second-order valence-corrected chi connectivity index (χ2v) is 17.0. The van der Waals surface area contributed by atoms with Crippen LogP contribution in [0.3, 0.4) is 0 Å². The van der Waals surface area contributed by atoms with Crippen LogP contribution in [0.1, 0.15) is 59.7 Å². The summed E-state index contributed by atoms with van der Waals surface area (Å²) in [4.78, 5) is 49.5. The molecule has 2 fully saturated rings. The third-order valence-electron chi connectivity index (χ3n) is 12.9. The maximum atomic E-state index is 14.2. The van der Waals surface area contributed by atoms with Gasteiger partial charge in [-0.1, -0.05) is 133 Å². The van der Waals surface area contributed by atoms with Crippen molar-refractivity contribution < 1.29 is 24.0 Å². The van der Waals surface area contributed by atoms with Gasteiger partial charge >= 0.3 is 11.9 Å². The van der Waals surface area contributed by atoms with Crippen LogP contribution in [0.5, 0.6) is 0 Å². The lowest BCUT2D eigenvalue weighted by Crippen LogP contribution is -2.48. The quantitative estimate of drug-likeness (QED) is 0.0596. The fourth-order valence-electron chi connectivity index (χ4n) is 9.64. The maximum Gasteiger partial charge on any atom is 0.336 e. The molecule has 3 aliphatic heterocycles. The number of allylic oxidation sites excluding steroid dienone is 2. The molecule has 1 N–H and O–H groups in total. The van der Waals surface area contributed by atoms with Gasteiger partial charge in [0.05, 0.1) is 34.1 Å². The minimum Gasteiger partial charge on any atom is -0.461 e. The molecule has 0 aliphatic carbocycles. The number of rotatable bonds is 16. The van der Waals surface area contributed by atoms with Crippen molar-refractivity contribution in [2.45, 2.75) is 31.8 Å². The van der Waals surface area contributed by atoms with Crippen LogP contribution in [0, 0.1) is 10.1 Å². The van der Waals surface area contributed by atoms with Crippen molar-refractivity contribution in [2.24, 2.45) is 0 Å². The summed E-state index contributed by atoms with van der Waals surface area (Å²) in [5.41, 5.74) is 6.79. The summed E-state index contributed by atoms with van der Waals surface area (Å²) in [6.07, 6.45) is 0. The van der Waals surface area contributed by atoms with Crippen molar-refractivity contribution in [3.8, 4) is 0 Å². The Morgan fingerprint density at radius 1 is 0.569 bits per heavy atom. The van der Waals surface area contributed by atoms with Crippen molar-refractivity contribution in [2.75, 3.05) is 78.7 Å². The number of hydrogen-bond donors (Lipinski definition) is 1. The van der Waals surface area contributed by atoms with E-state index in [1.165, 1.54) is 34.4 Å². The van der Waals surface area contributed by atoms with Crippen molar-refractivity contribution >= 4 is 17.6 Å². The molecule has 12 heteroatoms. The molecule has 3 heterocycles. The topological polar surface area (TPSA) is 121 Å². The van der Waals surface area contributed by atoms with Crippen LogP contribution in [-0.2, 0) is 19.1 Å². The van der Waals surface area contributed by atoms with Gasteiger partial charge in [0.1, 0.15) is 13.2 Å². The van der Waals surface area contributed by atoms with Crippen LogP contribution in [0.4, 0.5) is 5.69 Å². The molecule has 336 valence electrons. The maximum absolute atomic E-state index is 14.2. The van der Waals surface area contributed by atoms with Gasteiger partial charge in [-0.3, -0.25) is 29.7 Å². The summed E-state index contributed by atoms with van der Waals surface area (Å²) >= 11 is 0. The summed E-state index contributed by atoms with van der Waals surface area (Å²) in [7, 11) is 0. The molecule has 8 rings (SSSR count). The Balaban J connectivity index is 0.895. The smallest absolute Gasteiger partial charge is 0.336 e. The molecular formula is C53H58N6O6. The number of nitro groups is 1. The third kappa shape index (κ3) is 10.9. The average Bonchev–Trinajstić information content (AvgIpc) is 3.34. The monoisotopic (exact) mass is 874 g/mol. The number of dihydropyridines is 1. The largest absolute Gasteiger partial charge is 0.461 e. The summed E-state index contributed by atoms with van der Waals surface area (Å²) in [5, 5.41) is 15.2. The molecule has 0 saturated carbocycles. The first-order valence-corrected chi connectivity index (χ1v) is 22.6. The molecule has 3 aliphatic rings. The molecule has 0 atom stereocenters. The van der Waals surface area contributed by atoms with Crippen LogP contribution in [0.25, 0.3) is 0 Å². The number of hydrogen-bond acceptors (Lipinski definition) is 11. The van der Waals surface area contributed by atoms with Gasteiger partial charge in [0, 0.05) is 89.0 Å². The Bertz CT molecular complexity index is 2230. The van der Waals surface area contributed by atoms with Crippen LogP contribution >= 0.6 is 0 Å². The molecule has 5 aromatic rings. The summed E-state index contributed by atoms with van der Waals surface area (Å²) in [6, 6.07) is 48.7. The first kappa shape index (κ1) is 45.1. The molecule has 0 bridgehead atoms. The highest BCUT2D eigenvalue weighted by Gasteiger charge is 2.39. The van der Waals surface area contributed by atoms with Crippen molar-refractivity contribution in [1.82, 2.24) is 24.9 Å². The number of piperazine rings is 2. The highest BCUT2D eigenvalue weighted by atomic mass is 16.6. The molecule has 0 aromatic heterocycles. The van der Waals surface area contributed by atoms with Crippen LogP contribution in [-0.4, -0.2) is 115 Å². The van der Waals surface area contributed by atoms with Crippen LogP contribution in [0.15, 0.2) is 168 Å². The lowest BCUT2D eigenvalue weighted by molar-refractivity contribution is -0.384. The molecular weight excluding hydrogens is 817 g/mol. The zero-order valence-corrected chi connectivity index (χ0v) is 37.3. The molecule has 0 radical (unpaired) electrons. The van der Waals surface area contributed by atoms with Gasteiger partial charge in [0.15, 0.2) is 0 Å². The molecule has 65 heavy (non-hydrogen) atoms. The lowest BCUT2D eigenvalue weighted by Gasteiger charge is -2.39. The normalized spacial score (nSPS) is 17.0. The number of carbonyl (C=O) groups is 2. The molecule has 2 saturated heterocycles. The van der Waals surface area contributed by atoms with E-state index >= 15 is 0 Å². The van der Waals surface area contributed by atoms with Gasteiger partial charge < -0.3 is 14.8 Å². The Hall–Kier alpha value is -6.44. The standard InChI is InChI=1S/C53H58N6O6/c1-39-47(52(60)64-36-34-55-26-30-57(31-27-55)50(41-16-7-3-8-17-41)42-18-9-4-10-19-42)49(45-24-15-25-46(38-45)59(62)63)48(40(2)54-39)53(61)65-37-35-56-28-32-58(33-29-56)51(43-20-11-5-12-21-43)44-22-13-6-14-23-44/h3-25,38,49-51,54H,26-37H2,1-2H3. The van der Waals surface area contributed by atoms with Crippen molar-refractivity contribution in [1.29, 1.82) is 0 Å². The highest BCUT2D eigenvalue weighted by molar-refractivity contribution is 6.00. The lowest BCUT2D eigenvalue weighted by atomic mass is 9.80. The minimum atomic E-state index is -0.941. The zero-order valence-electron chi connectivity index (χ0n) is 37.3. The predicted octanol–water partition coefficient (Wildman–Crippen LogP) is 7.73. The van der Waals surface area contributed by atoms with Crippen LogP contribution < -0.4 is 5.32 Å². The van der Waals surface area contributed by atoms with E-state index in [0.717, 1.165) is 52.4 Å². The number of ether oxygens (including phenoxy) is 2. The third-order valence-corrected chi connectivity index (χ3v) is 12.9. The number of nitrogens with zero attached hydrogens (tertiary/aromatic N) is 5. The second-order valence-electron chi connectivity index (χ2n) is 17.0. The summed E-state index contributed by atoms with van der Waals surface area (Å²) < 4.78 is 12.0. The first-order chi connectivity index (χ1) is 31.7. The fourth-order valence-corrected chi connectivity index (χ4v) is 9.64. The average molecular weight is 875 g/mol. The zero-order chi connectivity index (χ0) is 45.1. The first-order valence-electron chi connectivity index (χ1n) is 22.6. The Morgan fingerprint density at radius 2 is 0.938 bits per heavy atom. The van der Waals surface area contributed by atoms with E-state index in [1.54, 1.807) is 26.0 Å². The number of carbonyl (C=O) groups excluding carboxylic acids is 2. The van der Waals surface area contributed by atoms with Crippen LogP contribution in [0.2, 0.25) is 0 Å². The predicted molar refractivity (Wildman–Crippen MR) is 252 cm³/mol. The Morgan fingerprint density at radius 3 is 1.29 bits per heavy atom. The number of nitro benzene ring substituents is 1. The number of esters is 2. The van der Waals surface area contributed by atoms with E-state index in [2.05, 4.69) is 122 Å². The Labute approximate surface area is 381 Å². The molecule has 0 amide bonds. The fraction of sp³-hybridized carbons (Fsp3) is 0.321. The van der Waals surface area contributed by atoms with E-state index in [1.807, 2.05) is 24.3 Å². The molecule has 5 aromatic carbocycles. The second kappa shape index (κ2) is 21.5. The number of nitrogens with one attached hydrogen (secondary N) is 1. The van der Waals surface area contributed by atoms with Gasteiger partial charge in [-0.25, -0.2) is 9.59 Å². The van der Waals surface area contributed by atoms with E-state index in [4.69, 9.17) is 9.47 Å². The molecule has 0 spiro atoms. The molecule has 12 nitrogen and oxygen atoms in total. The highest BCUT2D eigenvalue weighted by Crippen LogP contribution is 2.40. The van der Waals surface area contributed by atoms with E-state index in [0.29, 0.717) is 30.0 Å². The summed E-state index contributed by atoms with van der Waals surface area (Å²) in [5.74, 6) is -2.11. The van der Waals surface area contributed by atoms with E-state index in [9.17, 15) is 19.7 Å². The van der Waals surface area contributed by atoms with Gasteiger partial charge in [0.25, 0.3) is 5.69 Å². The van der Waals surface area contributed by atoms with Gasteiger partial charge in [-0.15, -0.1) is 0 Å². The molecule has 0 unspecified atom stereocenters. The Kier molecular flexibility index (Phi) is 14.9. The van der Waals surface area contributed by atoms with Gasteiger partial charge in [-0.05, 0) is 41.7 Å².